The summed E-state index contributed by atoms with van der Waals surface area (Å²) in [6, 6.07) is 5.15. The largest absolute Gasteiger partial charge is 0.491 e. The smallest absolute Gasteiger partial charge is 0.391 e. The Morgan fingerprint density at radius 1 is 1.31 bits per heavy atom. The number of alkyl halides is 3. The van der Waals surface area contributed by atoms with Crippen LogP contribution in [-0.2, 0) is 0 Å². The van der Waals surface area contributed by atoms with E-state index in [0.717, 1.165) is 6.92 Å². The van der Waals surface area contributed by atoms with Crippen LogP contribution in [0.3, 0.4) is 0 Å². The van der Waals surface area contributed by atoms with E-state index in [1.165, 1.54) is 29.3 Å². The first-order chi connectivity index (χ1) is 17.1. The van der Waals surface area contributed by atoms with Crippen LogP contribution in [0.5, 0.6) is 5.75 Å². The summed E-state index contributed by atoms with van der Waals surface area (Å²) in [6.45, 7) is 1.54. The summed E-state index contributed by atoms with van der Waals surface area (Å²) in [7, 11) is 0. The highest BCUT2D eigenvalue weighted by molar-refractivity contribution is 6.05. The molecule has 3 N–H and O–H groups in total. The number of pyridine rings is 2. The zero-order chi connectivity index (χ0) is 26.0. The van der Waals surface area contributed by atoms with E-state index in [1.807, 2.05) is 4.90 Å². The fourth-order valence-electron chi connectivity index (χ4n) is 4.11. The molecule has 10 nitrogen and oxygen atoms in total. The number of rotatable bonds is 8. The average molecular weight is 509 g/mol. The summed E-state index contributed by atoms with van der Waals surface area (Å²) in [5, 5.41) is 21.0. The summed E-state index contributed by atoms with van der Waals surface area (Å²) in [4.78, 5) is 37.7. The Morgan fingerprint density at radius 2 is 2.08 bits per heavy atom. The maximum atomic E-state index is 13.3. The molecular weight excluding hydrogens is 483 g/mol. The number of hydrogen-bond donors (Lipinski definition) is 3. The van der Waals surface area contributed by atoms with Crippen LogP contribution in [0.2, 0.25) is 0 Å². The van der Waals surface area contributed by atoms with Gasteiger partial charge in [0.2, 0.25) is 0 Å². The highest BCUT2D eigenvalue weighted by Crippen LogP contribution is 2.39. The van der Waals surface area contributed by atoms with Crippen molar-refractivity contribution >= 4 is 29.1 Å². The monoisotopic (exact) mass is 509 g/mol. The first kappa shape index (κ1) is 25.6. The molecule has 13 heteroatoms. The van der Waals surface area contributed by atoms with Gasteiger partial charge in [0.1, 0.15) is 30.0 Å². The Balaban J connectivity index is 1.55. The normalized spacial score (nSPS) is 18.4. The van der Waals surface area contributed by atoms with Crippen molar-refractivity contribution in [2.45, 2.75) is 38.1 Å². The molecule has 0 radical (unpaired) electrons. The van der Waals surface area contributed by atoms with Crippen LogP contribution in [0.4, 0.5) is 35.3 Å². The number of aliphatic hydroxyl groups is 2. The number of Topliss-reactive ketones (excluding diaryl/α,β-unsaturated/α-hetero) is 1. The number of urea groups is 1. The zero-order valence-electron chi connectivity index (χ0n) is 19.4. The molecule has 4 rings (SSSR count). The fourth-order valence-corrected chi connectivity index (χ4v) is 4.11. The first-order valence-corrected chi connectivity index (χ1v) is 11.4. The van der Waals surface area contributed by atoms with E-state index in [4.69, 9.17) is 9.84 Å². The van der Waals surface area contributed by atoms with Gasteiger partial charge in [-0.05, 0) is 24.6 Å². The standard InChI is InChI=1S/C23H26F3N5O5/c1-13(23(24,25)26)8-19(34)17-2-3-18-21(28-17)31(14-5-7-30(18)10-14)22(35)29-20-9-16(4-6-27-20)36-12-15(33)11-32/h2-4,6,9,13-15,32-33H,5,7-8,10-12H2,1H3,(H,27,29,35)/t13-,14-,15+/m0/s1. The third-order valence-corrected chi connectivity index (χ3v) is 6.13. The quantitative estimate of drug-likeness (QED) is 0.464. The summed E-state index contributed by atoms with van der Waals surface area (Å²) >= 11 is 0. The number of ether oxygens (including phenoxy) is 1. The van der Waals surface area contributed by atoms with E-state index < -0.39 is 43.0 Å². The Morgan fingerprint density at radius 3 is 2.81 bits per heavy atom. The number of hydrogen-bond acceptors (Lipinski definition) is 8. The van der Waals surface area contributed by atoms with Crippen molar-refractivity contribution in [2.24, 2.45) is 5.92 Å². The molecule has 1 saturated heterocycles. The van der Waals surface area contributed by atoms with Crippen LogP contribution < -0.4 is 19.9 Å². The Kier molecular flexibility index (Phi) is 7.31. The van der Waals surface area contributed by atoms with E-state index in [9.17, 15) is 27.9 Å². The second kappa shape index (κ2) is 10.3. The van der Waals surface area contributed by atoms with E-state index in [-0.39, 0.29) is 30.0 Å². The van der Waals surface area contributed by atoms with Gasteiger partial charge in [-0.25, -0.2) is 14.8 Å². The SMILES string of the molecule is C[C@@H](CC(=O)c1ccc2c(n1)N(C(=O)Nc1cc(OC[C@H](O)CO)ccn1)[C@H]1CCN2C1)C(F)(F)F. The van der Waals surface area contributed by atoms with Crippen molar-refractivity contribution in [1.82, 2.24) is 9.97 Å². The van der Waals surface area contributed by atoms with Crippen LogP contribution in [0, 0.1) is 5.92 Å². The number of nitrogens with one attached hydrogen (secondary N) is 1. The summed E-state index contributed by atoms with van der Waals surface area (Å²) < 4.78 is 44.2. The van der Waals surface area contributed by atoms with Crippen molar-refractivity contribution in [3.8, 4) is 5.75 Å². The van der Waals surface area contributed by atoms with Gasteiger partial charge in [0, 0.05) is 31.8 Å². The number of fused-ring (bicyclic) bond motifs is 4. The summed E-state index contributed by atoms with van der Waals surface area (Å²) in [5.41, 5.74) is 0.475. The maximum Gasteiger partial charge on any atom is 0.391 e. The molecule has 2 amide bonds. The molecule has 0 spiro atoms. The Hall–Kier alpha value is -3.45. The number of aliphatic hydroxyl groups excluding tert-OH is 2. The van der Waals surface area contributed by atoms with Crippen molar-refractivity contribution in [3.05, 3.63) is 36.2 Å². The van der Waals surface area contributed by atoms with Gasteiger partial charge in [0.05, 0.1) is 24.3 Å². The van der Waals surface area contributed by atoms with Crippen LogP contribution in [-0.4, -0.2) is 76.6 Å². The molecular formula is C23H26F3N5O5. The molecule has 3 atom stereocenters. The lowest BCUT2D eigenvalue weighted by atomic mass is 10.0. The second-order valence-electron chi connectivity index (χ2n) is 8.82. The van der Waals surface area contributed by atoms with E-state index in [0.29, 0.717) is 30.9 Å². The number of anilines is 3. The van der Waals surface area contributed by atoms with E-state index >= 15 is 0 Å². The Bertz CT molecular complexity index is 1130. The number of amides is 2. The third-order valence-electron chi connectivity index (χ3n) is 6.13. The topological polar surface area (TPSA) is 128 Å². The van der Waals surface area contributed by atoms with Gasteiger partial charge in [0.15, 0.2) is 11.6 Å². The van der Waals surface area contributed by atoms with Gasteiger partial charge in [-0.3, -0.25) is 15.0 Å². The van der Waals surface area contributed by atoms with Crippen LogP contribution in [0.25, 0.3) is 0 Å². The number of carbonyl (C=O) groups is 2. The molecule has 2 aromatic rings. The minimum atomic E-state index is -4.50. The van der Waals surface area contributed by atoms with Crippen molar-refractivity contribution < 1.29 is 37.7 Å². The van der Waals surface area contributed by atoms with Crippen molar-refractivity contribution in [3.63, 3.8) is 0 Å². The molecule has 0 aliphatic carbocycles. The maximum absolute atomic E-state index is 13.3. The minimum absolute atomic E-state index is 0.138. The van der Waals surface area contributed by atoms with Gasteiger partial charge in [-0.2, -0.15) is 13.2 Å². The number of aromatic nitrogens is 2. The molecule has 2 aliphatic heterocycles. The molecule has 2 bridgehead atoms. The third kappa shape index (κ3) is 5.51. The molecule has 194 valence electrons. The van der Waals surface area contributed by atoms with Gasteiger partial charge in [0.25, 0.3) is 0 Å². The predicted molar refractivity (Wildman–Crippen MR) is 123 cm³/mol. The number of nitrogens with zero attached hydrogens (tertiary/aromatic N) is 4. The number of carbonyl (C=O) groups excluding carboxylic acids is 2. The molecule has 0 aromatic carbocycles. The van der Waals surface area contributed by atoms with Gasteiger partial charge in [-0.15, -0.1) is 0 Å². The molecule has 4 heterocycles. The fraction of sp³-hybridized carbons (Fsp3) is 0.478. The molecule has 1 fully saturated rings. The van der Waals surface area contributed by atoms with Gasteiger partial charge >= 0.3 is 12.2 Å². The lowest BCUT2D eigenvalue weighted by Gasteiger charge is -2.35. The van der Waals surface area contributed by atoms with Gasteiger partial charge < -0.3 is 19.8 Å². The number of ketones is 1. The Labute approximate surface area is 204 Å². The van der Waals surface area contributed by atoms with Crippen molar-refractivity contribution in [1.29, 1.82) is 0 Å². The minimum Gasteiger partial charge on any atom is -0.491 e. The highest BCUT2D eigenvalue weighted by atomic mass is 19.4. The molecule has 0 saturated carbocycles. The summed E-state index contributed by atoms with van der Waals surface area (Å²) in [6.07, 6.45) is -4.26. The van der Waals surface area contributed by atoms with E-state index in [1.54, 1.807) is 6.07 Å². The molecule has 2 aromatic heterocycles. The second-order valence-corrected chi connectivity index (χ2v) is 8.82. The zero-order valence-corrected chi connectivity index (χ0v) is 19.4. The van der Waals surface area contributed by atoms with Crippen LogP contribution >= 0.6 is 0 Å². The molecule has 0 unspecified atom stereocenters. The van der Waals surface area contributed by atoms with Gasteiger partial charge in [-0.1, -0.05) is 6.92 Å². The lowest BCUT2D eigenvalue weighted by Crippen LogP contribution is -2.48. The lowest BCUT2D eigenvalue weighted by molar-refractivity contribution is -0.168. The van der Waals surface area contributed by atoms with Crippen molar-refractivity contribution in [2.75, 3.05) is 41.4 Å². The summed E-state index contributed by atoms with van der Waals surface area (Å²) in [5.74, 6) is -1.91. The van der Waals surface area contributed by atoms with E-state index in [2.05, 4.69) is 15.3 Å². The average Bonchev–Trinajstić information content (AvgIpc) is 3.25. The number of halogens is 3. The molecule has 2 aliphatic rings. The highest BCUT2D eigenvalue weighted by Gasteiger charge is 2.41. The molecule has 36 heavy (non-hydrogen) atoms. The van der Waals surface area contributed by atoms with Crippen LogP contribution in [0.1, 0.15) is 30.3 Å². The predicted octanol–water partition coefficient (Wildman–Crippen LogP) is 2.61. The first-order valence-electron chi connectivity index (χ1n) is 11.4. The van der Waals surface area contributed by atoms with Crippen LogP contribution in [0.15, 0.2) is 30.5 Å².